The van der Waals surface area contributed by atoms with Gasteiger partial charge in [0.25, 0.3) is 0 Å². The number of ether oxygens (including phenoxy) is 2. The summed E-state index contributed by atoms with van der Waals surface area (Å²) < 4.78 is 10.8. The number of rotatable bonds is 5. The largest absolute Gasteiger partial charge is 0.496 e. The van der Waals surface area contributed by atoms with Crippen molar-refractivity contribution in [3.05, 3.63) is 23.0 Å². The lowest BCUT2D eigenvalue weighted by atomic mass is 9.94. The molecule has 0 aromatic carbocycles. The van der Waals surface area contributed by atoms with Crippen LogP contribution in [0.3, 0.4) is 0 Å². The summed E-state index contributed by atoms with van der Waals surface area (Å²) >= 11 is 0. The van der Waals surface area contributed by atoms with Gasteiger partial charge >= 0.3 is 0 Å². The Morgan fingerprint density at radius 2 is 2.25 bits per heavy atom. The van der Waals surface area contributed by atoms with E-state index in [1.165, 1.54) is 0 Å². The summed E-state index contributed by atoms with van der Waals surface area (Å²) in [6, 6.07) is 0.107. The molecule has 0 saturated carbocycles. The first-order valence-electron chi connectivity index (χ1n) is 6.85. The average molecular weight is 278 g/mol. The molecule has 5 heteroatoms. The Morgan fingerprint density at radius 3 is 2.90 bits per heavy atom. The Balaban J connectivity index is 2.16. The molecule has 1 aliphatic rings. The van der Waals surface area contributed by atoms with E-state index in [-0.39, 0.29) is 17.7 Å². The third kappa shape index (κ3) is 2.83. The first-order valence-corrected chi connectivity index (χ1v) is 6.85. The number of aryl methyl sites for hydroxylation is 1. The van der Waals surface area contributed by atoms with Crippen molar-refractivity contribution in [2.24, 2.45) is 5.92 Å². The van der Waals surface area contributed by atoms with Crippen LogP contribution in [0.5, 0.6) is 5.75 Å². The van der Waals surface area contributed by atoms with Gasteiger partial charge in [-0.25, -0.2) is 0 Å². The number of hydrogen-bond donors (Lipinski definition) is 1. The lowest BCUT2D eigenvalue weighted by molar-refractivity contribution is -0.122. The Hall–Kier alpha value is -1.46. The zero-order chi connectivity index (χ0) is 14.7. The monoisotopic (exact) mass is 278 g/mol. The Labute approximate surface area is 119 Å². The summed E-state index contributed by atoms with van der Waals surface area (Å²) in [5.41, 5.74) is 2.72. The van der Waals surface area contributed by atoms with Crippen LogP contribution in [-0.4, -0.2) is 44.2 Å². The smallest absolute Gasteiger partial charge is 0.145 e. The summed E-state index contributed by atoms with van der Waals surface area (Å²) in [5.74, 6) is 0.896. The van der Waals surface area contributed by atoms with Crippen molar-refractivity contribution in [2.75, 3.05) is 27.4 Å². The van der Waals surface area contributed by atoms with Gasteiger partial charge in [-0.05, 0) is 20.9 Å². The number of ketones is 1. The zero-order valence-corrected chi connectivity index (χ0v) is 12.5. The van der Waals surface area contributed by atoms with E-state index in [0.717, 1.165) is 22.6 Å². The molecule has 1 fully saturated rings. The van der Waals surface area contributed by atoms with Crippen LogP contribution in [0.4, 0.5) is 0 Å². The molecule has 1 saturated heterocycles. The van der Waals surface area contributed by atoms with Gasteiger partial charge in [0.2, 0.25) is 0 Å². The fourth-order valence-corrected chi connectivity index (χ4v) is 2.70. The van der Waals surface area contributed by atoms with E-state index in [1.807, 2.05) is 20.9 Å². The van der Waals surface area contributed by atoms with Crippen LogP contribution >= 0.6 is 0 Å². The average Bonchev–Trinajstić information content (AvgIpc) is 2.91. The fraction of sp³-hybridized carbons (Fsp3) is 0.600. The molecule has 0 aliphatic carbocycles. The van der Waals surface area contributed by atoms with Crippen molar-refractivity contribution < 1.29 is 14.3 Å². The maximum atomic E-state index is 12.4. The molecule has 20 heavy (non-hydrogen) atoms. The minimum Gasteiger partial charge on any atom is -0.496 e. The molecular formula is C15H22N2O3. The molecule has 0 bridgehead atoms. The normalized spacial score (nSPS) is 22.0. The van der Waals surface area contributed by atoms with E-state index in [2.05, 4.69) is 10.3 Å². The van der Waals surface area contributed by atoms with Crippen LogP contribution in [0.25, 0.3) is 0 Å². The van der Waals surface area contributed by atoms with Gasteiger partial charge in [0.15, 0.2) is 0 Å². The minimum absolute atomic E-state index is 0.0894. The van der Waals surface area contributed by atoms with Crippen LogP contribution in [0.2, 0.25) is 0 Å². The summed E-state index contributed by atoms with van der Waals surface area (Å²) in [4.78, 5) is 16.8. The molecule has 0 amide bonds. The minimum atomic E-state index is -0.0894. The lowest BCUT2D eigenvalue weighted by Gasteiger charge is -2.17. The van der Waals surface area contributed by atoms with E-state index < -0.39 is 0 Å². The van der Waals surface area contributed by atoms with Crippen molar-refractivity contribution in [3.63, 3.8) is 0 Å². The number of pyridine rings is 1. The molecule has 1 aromatic rings. The maximum Gasteiger partial charge on any atom is 0.145 e. The van der Waals surface area contributed by atoms with E-state index in [0.29, 0.717) is 19.6 Å². The number of nitrogens with zero attached hydrogens (tertiary/aromatic N) is 1. The standard InChI is InChI=1S/C15H22N2O3/c1-9-6-17-12(10(2)15(9)19-4)5-14(18)11-7-20-8-13(11)16-3/h6,11,13,16H,5,7-8H2,1-4H3. The highest BCUT2D eigenvalue weighted by Crippen LogP contribution is 2.25. The number of aromatic nitrogens is 1. The van der Waals surface area contributed by atoms with Gasteiger partial charge in [-0.3, -0.25) is 9.78 Å². The number of Topliss-reactive ketones (excluding diaryl/α,β-unsaturated/α-hetero) is 1. The quantitative estimate of drug-likeness (QED) is 0.872. The lowest BCUT2D eigenvalue weighted by Crippen LogP contribution is -2.37. The zero-order valence-electron chi connectivity index (χ0n) is 12.5. The van der Waals surface area contributed by atoms with E-state index >= 15 is 0 Å². The van der Waals surface area contributed by atoms with Crippen molar-refractivity contribution >= 4 is 5.78 Å². The molecule has 1 aromatic heterocycles. The second kappa shape index (κ2) is 6.33. The Bertz CT molecular complexity index is 502. The highest BCUT2D eigenvalue weighted by atomic mass is 16.5. The van der Waals surface area contributed by atoms with Gasteiger partial charge in [0, 0.05) is 29.8 Å². The van der Waals surface area contributed by atoms with E-state index in [1.54, 1.807) is 13.3 Å². The number of likely N-dealkylation sites (N-methyl/N-ethyl adjacent to an activating group) is 1. The molecule has 5 nitrogen and oxygen atoms in total. The predicted octanol–water partition coefficient (Wildman–Crippen LogP) is 1.05. The first-order chi connectivity index (χ1) is 9.58. The first kappa shape index (κ1) is 14.9. The number of nitrogens with one attached hydrogen (secondary N) is 1. The molecule has 2 rings (SSSR count). The van der Waals surface area contributed by atoms with Crippen LogP contribution in [0.1, 0.15) is 16.8 Å². The topological polar surface area (TPSA) is 60.5 Å². The summed E-state index contributed by atoms with van der Waals surface area (Å²) in [6.45, 7) is 4.98. The van der Waals surface area contributed by atoms with Crippen molar-refractivity contribution in [1.82, 2.24) is 10.3 Å². The molecule has 1 aliphatic heterocycles. The molecule has 0 radical (unpaired) electrons. The van der Waals surface area contributed by atoms with Crippen LogP contribution in [0, 0.1) is 19.8 Å². The second-order valence-corrected chi connectivity index (χ2v) is 5.23. The molecule has 2 heterocycles. The second-order valence-electron chi connectivity index (χ2n) is 5.23. The van der Waals surface area contributed by atoms with Gasteiger partial charge in [-0.1, -0.05) is 0 Å². The van der Waals surface area contributed by atoms with Gasteiger partial charge in [-0.2, -0.15) is 0 Å². The SMILES string of the molecule is CNC1COCC1C(=O)Cc1ncc(C)c(OC)c1C. The van der Waals surface area contributed by atoms with Gasteiger partial charge in [-0.15, -0.1) is 0 Å². The highest BCUT2D eigenvalue weighted by Gasteiger charge is 2.33. The van der Waals surface area contributed by atoms with E-state index in [4.69, 9.17) is 9.47 Å². The van der Waals surface area contributed by atoms with Crippen LogP contribution < -0.4 is 10.1 Å². The predicted molar refractivity (Wildman–Crippen MR) is 76.1 cm³/mol. The Kier molecular flexibility index (Phi) is 4.73. The third-order valence-electron chi connectivity index (χ3n) is 3.96. The number of methoxy groups -OCH3 is 1. The van der Waals surface area contributed by atoms with Crippen LogP contribution in [0.15, 0.2) is 6.20 Å². The fourth-order valence-electron chi connectivity index (χ4n) is 2.70. The molecule has 1 N–H and O–H groups in total. The molecule has 2 atom stereocenters. The van der Waals surface area contributed by atoms with Crippen molar-refractivity contribution in [3.8, 4) is 5.75 Å². The molecule has 110 valence electrons. The van der Waals surface area contributed by atoms with E-state index in [9.17, 15) is 4.79 Å². The number of carbonyl (C=O) groups excluding carboxylic acids is 1. The maximum absolute atomic E-state index is 12.4. The Morgan fingerprint density at radius 1 is 1.50 bits per heavy atom. The van der Waals surface area contributed by atoms with Crippen LogP contribution in [-0.2, 0) is 16.0 Å². The molecule has 0 spiro atoms. The highest BCUT2D eigenvalue weighted by molar-refractivity contribution is 5.84. The van der Waals surface area contributed by atoms with Gasteiger partial charge in [0.05, 0.1) is 31.9 Å². The van der Waals surface area contributed by atoms with Crippen molar-refractivity contribution in [1.29, 1.82) is 0 Å². The molecular weight excluding hydrogens is 256 g/mol. The van der Waals surface area contributed by atoms with Gasteiger partial charge in [0.1, 0.15) is 11.5 Å². The van der Waals surface area contributed by atoms with Gasteiger partial charge < -0.3 is 14.8 Å². The van der Waals surface area contributed by atoms with Crippen molar-refractivity contribution in [2.45, 2.75) is 26.3 Å². The number of hydrogen-bond acceptors (Lipinski definition) is 5. The number of carbonyl (C=O) groups is 1. The summed E-state index contributed by atoms with van der Waals surface area (Å²) in [7, 11) is 3.50. The summed E-state index contributed by atoms with van der Waals surface area (Å²) in [5, 5.41) is 3.14. The molecule has 2 unspecified atom stereocenters. The third-order valence-corrected chi connectivity index (χ3v) is 3.96. The summed E-state index contributed by atoms with van der Waals surface area (Å²) in [6.07, 6.45) is 2.09.